The fourth-order valence-corrected chi connectivity index (χ4v) is 2.71. The van der Waals surface area contributed by atoms with Crippen molar-refractivity contribution in [2.24, 2.45) is 17.8 Å². The van der Waals surface area contributed by atoms with Gasteiger partial charge in [0.2, 0.25) is 0 Å². The van der Waals surface area contributed by atoms with Crippen molar-refractivity contribution in [3.63, 3.8) is 0 Å². The standard InChI is InChI=1S/C12H21IO3/c1-8(2)10-5-4-9(3)6-11(10)16-12(14)15-7-13/h8-11H,4-7H2,1-3H3/t9-,10+,11-/m1/s1. The van der Waals surface area contributed by atoms with E-state index in [2.05, 4.69) is 20.8 Å². The van der Waals surface area contributed by atoms with Crippen molar-refractivity contribution < 1.29 is 14.3 Å². The Morgan fingerprint density at radius 1 is 1.44 bits per heavy atom. The van der Waals surface area contributed by atoms with Gasteiger partial charge in [-0.25, -0.2) is 4.79 Å². The molecule has 0 bridgehead atoms. The van der Waals surface area contributed by atoms with Crippen molar-refractivity contribution in [2.75, 3.05) is 4.61 Å². The van der Waals surface area contributed by atoms with Crippen LogP contribution in [-0.2, 0) is 9.47 Å². The van der Waals surface area contributed by atoms with E-state index in [1.165, 1.54) is 6.42 Å². The van der Waals surface area contributed by atoms with Gasteiger partial charge in [0.1, 0.15) is 10.7 Å². The fraction of sp³-hybridized carbons (Fsp3) is 0.917. The van der Waals surface area contributed by atoms with Gasteiger partial charge in [-0.3, -0.25) is 0 Å². The molecule has 1 aliphatic carbocycles. The molecule has 0 unspecified atom stereocenters. The lowest BCUT2D eigenvalue weighted by Crippen LogP contribution is -2.35. The van der Waals surface area contributed by atoms with E-state index >= 15 is 0 Å². The Balaban J connectivity index is 2.54. The molecule has 0 N–H and O–H groups in total. The van der Waals surface area contributed by atoms with Crippen molar-refractivity contribution in [3.8, 4) is 0 Å². The predicted molar refractivity (Wildman–Crippen MR) is 71.6 cm³/mol. The third-order valence-corrected chi connectivity index (χ3v) is 3.69. The lowest BCUT2D eigenvalue weighted by atomic mass is 9.75. The molecule has 0 aromatic carbocycles. The molecule has 1 saturated carbocycles. The van der Waals surface area contributed by atoms with Crippen molar-refractivity contribution in [2.45, 2.75) is 46.1 Å². The molecule has 0 aliphatic heterocycles. The molecule has 16 heavy (non-hydrogen) atoms. The second kappa shape index (κ2) is 6.67. The average molecular weight is 340 g/mol. The summed E-state index contributed by atoms with van der Waals surface area (Å²) >= 11 is 2.00. The molecule has 1 aliphatic rings. The van der Waals surface area contributed by atoms with Gasteiger partial charge in [0.25, 0.3) is 0 Å². The second-order valence-electron chi connectivity index (χ2n) is 4.99. The molecule has 1 rings (SSSR count). The van der Waals surface area contributed by atoms with Crippen LogP contribution in [0, 0.1) is 17.8 Å². The number of ether oxygens (including phenoxy) is 2. The quantitative estimate of drug-likeness (QED) is 0.443. The zero-order chi connectivity index (χ0) is 12.1. The first kappa shape index (κ1) is 14.1. The van der Waals surface area contributed by atoms with Crippen LogP contribution in [0.15, 0.2) is 0 Å². The first-order chi connectivity index (χ1) is 7.54. The molecule has 0 saturated heterocycles. The lowest BCUT2D eigenvalue weighted by molar-refractivity contribution is -0.0256. The summed E-state index contributed by atoms with van der Waals surface area (Å²) in [5.41, 5.74) is 0. The predicted octanol–water partition coefficient (Wildman–Crippen LogP) is 3.99. The smallest absolute Gasteiger partial charge is 0.431 e. The highest BCUT2D eigenvalue weighted by Gasteiger charge is 2.33. The van der Waals surface area contributed by atoms with Crippen LogP contribution in [0.2, 0.25) is 0 Å². The number of carbonyl (C=O) groups excluding carboxylic acids is 1. The van der Waals surface area contributed by atoms with Gasteiger partial charge >= 0.3 is 6.16 Å². The minimum absolute atomic E-state index is 0.0409. The number of halogens is 1. The maximum absolute atomic E-state index is 11.3. The maximum Gasteiger partial charge on any atom is 0.509 e. The third-order valence-electron chi connectivity index (χ3n) is 3.38. The van der Waals surface area contributed by atoms with Gasteiger partial charge in [0.05, 0.1) is 0 Å². The van der Waals surface area contributed by atoms with Crippen molar-refractivity contribution in [1.29, 1.82) is 0 Å². The Kier molecular flexibility index (Phi) is 5.86. The summed E-state index contributed by atoms with van der Waals surface area (Å²) in [5, 5.41) is 0. The van der Waals surface area contributed by atoms with E-state index in [4.69, 9.17) is 9.47 Å². The van der Waals surface area contributed by atoms with E-state index in [9.17, 15) is 4.79 Å². The summed E-state index contributed by atoms with van der Waals surface area (Å²) in [7, 11) is 0. The van der Waals surface area contributed by atoms with E-state index in [0.29, 0.717) is 22.4 Å². The molecule has 0 aromatic heterocycles. The molecule has 94 valence electrons. The maximum atomic E-state index is 11.3. The van der Waals surface area contributed by atoms with Gasteiger partial charge in [-0.15, -0.1) is 0 Å². The molecular formula is C12H21IO3. The summed E-state index contributed by atoms with van der Waals surface area (Å²) in [6.45, 7) is 6.61. The average Bonchev–Trinajstić information content (AvgIpc) is 2.17. The molecule has 3 atom stereocenters. The Morgan fingerprint density at radius 2 is 2.12 bits per heavy atom. The topological polar surface area (TPSA) is 35.5 Å². The minimum Gasteiger partial charge on any atom is -0.431 e. The van der Waals surface area contributed by atoms with Crippen LogP contribution in [0.5, 0.6) is 0 Å². The van der Waals surface area contributed by atoms with Crippen LogP contribution < -0.4 is 0 Å². The lowest BCUT2D eigenvalue weighted by Gasteiger charge is -2.36. The fourth-order valence-electron chi connectivity index (χ4n) is 2.45. The summed E-state index contributed by atoms with van der Waals surface area (Å²) < 4.78 is 10.6. The van der Waals surface area contributed by atoms with Crippen LogP contribution in [-0.4, -0.2) is 16.9 Å². The summed E-state index contributed by atoms with van der Waals surface area (Å²) in [6, 6.07) is 0. The number of carbonyl (C=O) groups is 1. The van der Waals surface area contributed by atoms with Crippen molar-refractivity contribution in [3.05, 3.63) is 0 Å². The first-order valence-electron chi connectivity index (χ1n) is 5.94. The molecule has 1 fully saturated rings. The molecular weight excluding hydrogens is 319 g/mol. The zero-order valence-electron chi connectivity index (χ0n) is 10.2. The van der Waals surface area contributed by atoms with E-state index < -0.39 is 6.16 Å². The van der Waals surface area contributed by atoms with Gasteiger partial charge < -0.3 is 9.47 Å². The number of hydrogen-bond acceptors (Lipinski definition) is 3. The normalized spacial score (nSPS) is 30.2. The van der Waals surface area contributed by atoms with Crippen molar-refractivity contribution in [1.82, 2.24) is 0 Å². The molecule has 0 radical (unpaired) electrons. The minimum atomic E-state index is -0.515. The number of alkyl halides is 1. The van der Waals surface area contributed by atoms with E-state index in [1.807, 2.05) is 22.6 Å². The molecule has 3 nitrogen and oxygen atoms in total. The zero-order valence-corrected chi connectivity index (χ0v) is 12.4. The SMILES string of the molecule is CC(C)[C@@H]1CC[C@@H](C)C[C@H]1OC(=O)OCI. The van der Waals surface area contributed by atoms with Crippen LogP contribution in [0.4, 0.5) is 4.79 Å². The highest BCUT2D eigenvalue weighted by Crippen LogP contribution is 2.35. The van der Waals surface area contributed by atoms with Gasteiger partial charge in [-0.2, -0.15) is 0 Å². The number of rotatable bonds is 3. The Labute approximate surface area is 111 Å². The Morgan fingerprint density at radius 3 is 2.69 bits per heavy atom. The summed E-state index contributed by atoms with van der Waals surface area (Å²) in [6.07, 6.45) is 2.89. The van der Waals surface area contributed by atoms with E-state index in [1.54, 1.807) is 0 Å². The highest BCUT2D eigenvalue weighted by molar-refractivity contribution is 14.1. The first-order valence-corrected chi connectivity index (χ1v) is 7.46. The molecule has 4 heteroatoms. The Bertz CT molecular complexity index is 230. The molecule has 0 amide bonds. The van der Waals surface area contributed by atoms with Gasteiger partial charge in [0, 0.05) is 0 Å². The van der Waals surface area contributed by atoms with Crippen LogP contribution in [0.25, 0.3) is 0 Å². The highest BCUT2D eigenvalue weighted by atomic mass is 127. The van der Waals surface area contributed by atoms with Crippen LogP contribution in [0.1, 0.15) is 40.0 Å². The van der Waals surface area contributed by atoms with E-state index in [-0.39, 0.29) is 6.10 Å². The second-order valence-corrected chi connectivity index (χ2v) is 5.61. The van der Waals surface area contributed by atoms with Crippen LogP contribution in [0.3, 0.4) is 0 Å². The number of hydrogen-bond donors (Lipinski definition) is 0. The largest absolute Gasteiger partial charge is 0.509 e. The summed E-state index contributed by atoms with van der Waals surface area (Å²) in [4.78, 5) is 11.3. The summed E-state index contributed by atoms with van der Waals surface area (Å²) in [5.74, 6) is 1.69. The Hall–Kier alpha value is 0. The third kappa shape index (κ3) is 4.11. The molecule has 0 aromatic rings. The van der Waals surface area contributed by atoms with Crippen molar-refractivity contribution >= 4 is 28.7 Å². The van der Waals surface area contributed by atoms with Gasteiger partial charge in [-0.05, 0) is 53.2 Å². The molecule has 0 spiro atoms. The monoisotopic (exact) mass is 340 g/mol. The van der Waals surface area contributed by atoms with E-state index in [0.717, 1.165) is 12.8 Å². The van der Waals surface area contributed by atoms with Crippen LogP contribution >= 0.6 is 22.6 Å². The molecule has 0 heterocycles. The van der Waals surface area contributed by atoms with Gasteiger partial charge in [0.15, 0.2) is 0 Å². The van der Waals surface area contributed by atoms with Gasteiger partial charge in [-0.1, -0.05) is 27.2 Å².